The number of nitrogens with zero attached hydrogens (tertiary/aromatic N) is 3. The number of aryl methyl sites for hydroxylation is 1. The van der Waals surface area contributed by atoms with E-state index in [1.165, 1.54) is 16.9 Å². The van der Waals surface area contributed by atoms with Gasteiger partial charge in [0.1, 0.15) is 5.00 Å². The molecule has 0 radical (unpaired) electrons. The Morgan fingerprint density at radius 1 is 0.971 bits per heavy atom. The second-order valence-corrected chi connectivity index (χ2v) is 10.5. The molecule has 2 aromatic heterocycles. The van der Waals surface area contributed by atoms with Crippen LogP contribution in [0.3, 0.4) is 0 Å². The van der Waals surface area contributed by atoms with Gasteiger partial charge in [0.05, 0.1) is 11.3 Å². The summed E-state index contributed by atoms with van der Waals surface area (Å²) < 4.78 is 1.97. The lowest BCUT2D eigenvalue weighted by molar-refractivity contribution is -0.114. The Kier molecular flexibility index (Phi) is 5.47. The van der Waals surface area contributed by atoms with E-state index in [0.717, 1.165) is 62.5 Å². The van der Waals surface area contributed by atoms with Gasteiger partial charge in [-0.2, -0.15) is 0 Å². The molecule has 1 aliphatic carbocycles. The van der Waals surface area contributed by atoms with Crippen molar-refractivity contribution in [2.24, 2.45) is 0 Å². The summed E-state index contributed by atoms with van der Waals surface area (Å²) in [5.41, 5.74) is 9.15. The van der Waals surface area contributed by atoms with E-state index in [1.54, 1.807) is 30.0 Å². The van der Waals surface area contributed by atoms with Crippen LogP contribution in [0, 0.1) is 0 Å². The zero-order valence-corrected chi connectivity index (χ0v) is 20.3. The first-order chi connectivity index (χ1) is 16.7. The van der Waals surface area contributed by atoms with Crippen LogP contribution < -0.4 is 10.7 Å². The van der Waals surface area contributed by atoms with Crippen LogP contribution in [0.4, 0.5) is 5.00 Å². The first-order valence-corrected chi connectivity index (χ1v) is 13.0. The van der Waals surface area contributed by atoms with Crippen molar-refractivity contribution in [3.05, 3.63) is 82.2 Å². The molecule has 1 amide bonds. The Balaban J connectivity index is 1.50. The molecule has 6 rings (SSSR count). The summed E-state index contributed by atoms with van der Waals surface area (Å²) in [5, 5.41) is 13.9. The largest absolute Gasteiger partial charge is 0.317 e. The molecule has 0 saturated heterocycles. The van der Waals surface area contributed by atoms with Gasteiger partial charge in [0.15, 0.2) is 5.82 Å². The van der Waals surface area contributed by atoms with Gasteiger partial charge in [-0.3, -0.25) is 10.2 Å². The van der Waals surface area contributed by atoms with E-state index < -0.39 is 0 Å². The molecule has 0 saturated carbocycles. The molecule has 2 aromatic carbocycles. The van der Waals surface area contributed by atoms with Crippen molar-refractivity contribution >= 4 is 44.6 Å². The summed E-state index contributed by atoms with van der Waals surface area (Å²) in [7, 11) is 0. The number of hydrogen-bond acceptors (Lipinski definition) is 6. The fourth-order valence-electron chi connectivity index (χ4n) is 4.55. The minimum absolute atomic E-state index is 0.0724. The van der Waals surface area contributed by atoms with Gasteiger partial charge in [0.2, 0.25) is 11.1 Å². The van der Waals surface area contributed by atoms with Gasteiger partial charge in [-0.1, -0.05) is 60.7 Å². The van der Waals surface area contributed by atoms with Crippen LogP contribution in [0.15, 0.2) is 65.8 Å². The van der Waals surface area contributed by atoms with Crippen LogP contribution in [0.1, 0.15) is 41.3 Å². The zero-order chi connectivity index (χ0) is 23.1. The van der Waals surface area contributed by atoms with Crippen LogP contribution in [0.25, 0.3) is 22.0 Å². The van der Waals surface area contributed by atoms with E-state index in [9.17, 15) is 4.79 Å². The van der Waals surface area contributed by atoms with Crippen LogP contribution in [0.5, 0.6) is 0 Å². The number of thiophene rings is 1. The second kappa shape index (κ2) is 8.77. The normalized spacial score (nSPS) is 14.9. The highest BCUT2D eigenvalue weighted by atomic mass is 32.2. The lowest BCUT2D eigenvalue weighted by Crippen LogP contribution is -2.21. The molecule has 6 nitrogen and oxygen atoms in total. The van der Waals surface area contributed by atoms with Crippen molar-refractivity contribution in [3.63, 3.8) is 0 Å². The summed E-state index contributed by atoms with van der Waals surface area (Å²) in [4.78, 5) is 14.4. The molecule has 0 atom stereocenters. The lowest BCUT2D eigenvalue weighted by Gasteiger charge is -2.24. The smallest absolute Gasteiger partial charge is 0.221 e. The molecule has 2 N–H and O–H groups in total. The average molecular weight is 486 g/mol. The number of nitrogens with one attached hydrogen (secondary N) is 2. The number of rotatable bonds is 4. The molecule has 0 unspecified atom stereocenters. The summed E-state index contributed by atoms with van der Waals surface area (Å²) in [5.74, 6) is 0.669. The van der Waals surface area contributed by atoms with Crippen LogP contribution in [-0.2, 0) is 17.6 Å². The van der Waals surface area contributed by atoms with Crippen LogP contribution in [0.2, 0.25) is 0 Å². The molecule has 0 spiro atoms. The average Bonchev–Trinajstić information content (AvgIpc) is 3.43. The molecule has 1 aliphatic heterocycles. The van der Waals surface area contributed by atoms with Crippen molar-refractivity contribution < 1.29 is 4.79 Å². The quantitative estimate of drug-likeness (QED) is 0.370. The predicted molar refractivity (Wildman–Crippen MR) is 139 cm³/mol. The molecule has 3 heterocycles. The van der Waals surface area contributed by atoms with Gasteiger partial charge in [-0.15, -0.1) is 21.5 Å². The number of carbonyl (C=O) groups is 1. The molecule has 2 aliphatic rings. The van der Waals surface area contributed by atoms with Crippen LogP contribution in [-0.4, -0.2) is 20.8 Å². The summed E-state index contributed by atoms with van der Waals surface area (Å²) in [6.45, 7) is 1.55. The molecule has 8 heteroatoms. The summed E-state index contributed by atoms with van der Waals surface area (Å²) in [6, 6.07) is 20.7. The highest BCUT2D eigenvalue weighted by molar-refractivity contribution is 8.08. The first kappa shape index (κ1) is 21.2. The van der Waals surface area contributed by atoms with Gasteiger partial charge >= 0.3 is 0 Å². The SMILES string of the molecule is CC(=O)Nc1sc2c(c1-c1nnc3n1NC(c1ccccc1)=C(c1ccccc1)S3)CCCC2. The molecule has 4 aromatic rings. The van der Waals surface area contributed by atoms with E-state index in [-0.39, 0.29) is 5.91 Å². The highest BCUT2D eigenvalue weighted by Gasteiger charge is 2.30. The van der Waals surface area contributed by atoms with Gasteiger partial charge in [0, 0.05) is 22.3 Å². The number of fused-ring (bicyclic) bond motifs is 2. The Labute approximate surface area is 206 Å². The topological polar surface area (TPSA) is 71.8 Å². The number of anilines is 1. The fourth-order valence-corrected chi connectivity index (χ4v) is 6.89. The van der Waals surface area contributed by atoms with Crippen molar-refractivity contribution in [2.45, 2.75) is 37.8 Å². The highest BCUT2D eigenvalue weighted by Crippen LogP contribution is 2.47. The predicted octanol–water partition coefficient (Wildman–Crippen LogP) is 6.02. The monoisotopic (exact) mass is 485 g/mol. The van der Waals surface area contributed by atoms with Crippen molar-refractivity contribution in [2.75, 3.05) is 10.7 Å². The molecule has 34 heavy (non-hydrogen) atoms. The molecule has 0 fully saturated rings. The molecular formula is C26H23N5OS2. The van der Waals surface area contributed by atoms with Crippen LogP contribution >= 0.6 is 23.1 Å². The standard InChI is InChI=1S/C26H23N5OS2/c1-16(32)27-25-21(19-14-8-9-15-20(19)33-25)24-28-29-26-31(24)30-22(17-10-4-2-5-11-17)23(34-26)18-12-6-3-7-13-18/h2-7,10-13,30H,8-9,14-15H2,1H3,(H,27,32). The van der Waals surface area contributed by atoms with E-state index in [0.29, 0.717) is 0 Å². The zero-order valence-electron chi connectivity index (χ0n) is 18.7. The Bertz CT molecular complexity index is 1410. The number of aromatic nitrogens is 3. The van der Waals surface area contributed by atoms with Gasteiger partial charge in [0.25, 0.3) is 0 Å². The van der Waals surface area contributed by atoms with Crippen molar-refractivity contribution in [3.8, 4) is 11.4 Å². The maximum absolute atomic E-state index is 12.0. The number of benzene rings is 2. The van der Waals surface area contributed by atoms with Crippen molar-refractivity contribution in [1.82, 2.24) is 14.9 Å². The van der Waals surface area contributed by atoms with Gasteiger partial charge in [-0.05, 0) is 48.6 Å². The summed E-state index contributed by atoms with van der Waals surface area (Å²) in [6.07, 6.45) is 4.36. The molecule has 0 bridgehead atoms. The molecule has 170 valence electrons. The van der Waals surface area contributed by atoms with Gasteiger partial charge < -0.3 is 5.32 Å². The number of carbonyl (C=O) groups excluding carboxylic acids is 1. The fraction of sp³-hybridized carbons (Fsp3) is 0.192. The minimum Gasteiger partial charge on any atom is -0.317 e. The van der Waals surface area contributed by atoms with E-state index in [4.69, 9.17) is 0 Å². The third-order valence-corrected chi connectivity index (χ3v) is 8.36. The lowest BCUT2D eigenvalue weighted by atomic mass is 9.95. The third kappa shape index (κ3) is 3.73. The maximum atomic E-state index is 12.0. The first-order valence-electron chi connectivity index (χ1n) is 11.4. The van der Waals surface area contributed by atoms with E-state index in [1.807, 2.05) is 41.1 Å². The van der Waals surface area contributed by atoms with Gasteiger partial charge in [-0.25, -0.2) is 4.68 Å². The molecular weight excluding hydrogens is 462 g/mol. The Morgan fingerprint density at radius 3 is 2.41 bits per heavy atom. The van der Waals surface area contributed by atoms with E-state index in [2.05, 4.69) is 45.2 Å². The third-order valence-electron chi connectivity index (χ3n) is 6.06. The number of amides is 1. The van der Waals surface area contributed by atoms with E-state index >= 15 is 0 Å². The number of thioether (sulfide) groups is 1. The summed E-state index contributed by atoms with van der Waals surface area (Å²) >= 11 is 3.28. The second-order valence-electron chi connectivity index (χ2n) is 8.39. The Morgan fingerprint density at radius 2 is 1.68 bits per heavy atom. The van der Waals surface area contributed by atoms with Crippen molar-refractivity contribution in [1.29, 1.82) is 0 Å². The maximum Gasteiger partial charge on any atom is 0.221 e. The number of hydrogen-bond donors (Lipinski definition) is 2. The Hall–Kier alpha value is -3.36. The minimum atomic E-state index is -0.0724.